The van der Waals surface area contributed by atoms with E-state index >= 15 is 0 Å². The number of nitrogens with one attached hydrogen (secondary N) is 1. The topological polar surface area (TPSA) is 61.3 Å². The Morgan fingerprint density at radius 1 is 1.22 bits per heavy atom. The van der Waals surface area contributed by atoms with Gasteiger partial charge in [-0.1, -0.05) is 0 Å². The Bertz CT molecular complexity index is 513. The molecule has 0 saturated carbocycles. The molecule has 2 aliphatic heterocycles. The van der Waals surface area contributed by atoms with Crippen LogP contribution in [-0.4, -0.2) is 51.8 Å². The average Bonchev–Trinajstić information content (AvgIpc) is 2.56. The predicted octanol–water partition coefficient (Wildman–Crippen LogP) is 2.12. The lowest BCUT2D eigenvalue weighted by molar-refractivity contribution is 0.0319. The van der Waals surface area contributed by atoms with Crippen molar-refractivity contribution in [2.75, 3.05) is 36.0 Å². The van der Waals surface area contributed by atoms with Crippen molar-refractivity contribution < 1.29 is 5.11 Å². The van der Waals surface area contributed by atoms with Crippen molar-refractivity contribution in [2.45, 2.75) is 51.2 Å². The third-order valence-corrected chi connectivity index (χ3v) is 5.70. The van der Waals surface area contributed by atoms with Gasteiger partial charge in [-0.05, 0) is 56.6 Å². The molecule has 2 aliphatic rings. The van der Waals surface area contributed by atoms with Gasteiger partial charge in [0.2, 0.25) is 5.95 Å². The fraction of sp³-hybridized carbons (Fsp3) is 0.765. The number of piperidine rings is 1. The van der Waals surface area contributed by atoms with E-state index in [2.05, 4.69) is 15.2 Å². The van der Waals surface area contributed by atoms with Gasteiger partial charge in [0.1, 0.15) is 0 Å². The first-order chi connectivity index (χ1) is 11.1. The lowest BCUT2D eigenvalue weighted by Crippen LogP contribution is -2.43. The maximum absolute atomic E-state index is 10.5. The van der Waals surface area contributed by atoms with Crippen LogP contribution in [0.3, 0.4) is 0 Å². The highest BCUT2D eigenvalue weighted by molar-refractivity contribution is 7.99. The van der Waals surface area contributed by atoms with E-state index in [9.17, 15) is 5.11 Å². The van der Waals surface area contributed by atoms with Gasteiger partial charge >= 0.3 is 0 Å². The summed E-state index contributed by atoms with van der Waals surface area (Å²) < 4.78 is 0. The summed E-state index contributed by atoms with van der Waals surface area (Å²) in [4.78, 5) is 11.6. The zero-order valence-corrected chi connectivity index (χ0v) is 14.9. The standard InChI is InChI=1S/C17H28N4OS/c1-14-11-15(12-18-13-17(22)5-9-23-10-6-17)20-16(19-14)21-7-3-2-4-8-21/h11,18,22H,2-10,12-13H2,1H3. The van der Waals surface area contributed by atoms with Crippen molar-refractivity contribution in [1.82, 2.24) is 15.3 Å². The van der Waals surface area contributed by atoms with Crippen LogP contribution in [0.25, 0.3) is 0 Å². The molecule has 0 amide bonds. The molecule has 0 unspecified atom stereocenters. The van der Waals surface area contributed by atoms with Gasteiger partial charge in [-0.15, -0.1) is 0 Å². The molecule has 5 nitrogen and oxygen atoms in total. The molecular weight excluding hydrogens is 308 g/mol. The van der Waals surface area contributed by atoms with Crippen molar-refractivity contribution in [3.8, 4) is 0 Å². The van der Waals surface area contributed by atoms with Gasteiger partial charge in [0, 0.05) is 31.9 Å². The molecule has 3 rings (SSSR count). The number of aryl methyl sites for hydroxylation is 1. The summed E-state index contributed by atoms with van der Waals surface area (Å²) >= 11 is 1.93. The summed E-state index contributed by atoms with van der Waals surface area (Å²) in [5.41, 5.74) is 1.50. The second kappa shape index (κ2) is 7.81. The fourth-order valence-corrected chi connectivity index (χ4v) is 4.55. The summed E-state index contributed by atoms with van der Waals surface area (Å²) in [7, 11) is 0. The van der Waals surface area contributed by atoms with Gasteiger partial charge in [0.25, 0.3) is 0 Å². The quantitative estimate of drug-likeness (QED) is 0.859. The van der Waals surface area contributed by atoms with Crippen LogP contribution in [-0.2, 0) is 6.54 Å². The van der Waals surface area contributed by atoms with Crippen molar-refractivity contribution in [3.05, 3.63) is 17.5 Å². The minimum absolute atomic E-state index is 0.539. The maximum Gasteiger partial charge on any atom is 0.225 e. The number of thioether (sulfide) groups is 1. The van der Waals surface area contributed by atoms with Crippen LogP contribution in [0, 0.1) is 6.92 Å². The Hall–Kier alpha value is -0.850. The van der Waals surface area contributed by atoms with Crippen LogP contribution in [0.15, 0.2) is 6.07 Å². The molecule has 0 aromatic carbocycles. The Kier molecular flexibility index (Phi) is 5.77. The van der Waals surface area contributed by atoms with E-state index in [0.29, 0.717) is 13.1 Å². The molecule has 0 bridgehead atoms. The van der Waals surface area contributed by atoms with Crippen molar-refractivity contribution in [1.29, 1.82) is 0 Å². The van der Waals surface area contributed by atoms with E-state index in [-0.39, 0.29) is 0 Å². The van der Waals surface area contributed by atoms with Crippen molar-refractivity contribution in [2.24, 2.45) is 0 Å². The third kappa shape index (κ3) is 4.81. The van der Waals surface area contributed by atoms with Gasteiger partial charge < -0.3 is 15.3 Å². The Morgan fingerprint density at radius 3 is 2.70 bits per heavy atom. The Morgan fingerprint density at radius 2 is 1.96 bits per heavy atom. The molecule has 2 saturated heterocycles. The monoisotopic (exact) mass is 336 g/mol. The first kappa shape index (κ1) is 17.0. The van der Waals surface area contributed by atoms with E-state index in [4.69, 9.17) is 4.98 Å². The van der Waals surface area contributed by atoms with Gasteiger partial charge in [-0.3, -0.25) is 0 Å². The van der Waals surface area contributed by atoms with E-state index in [0.717, 1.165) is 54.8 Å². The minimum atomic E-state index is -0.539. The molecule has 6 heteroatoms. The van der Waals surface area contributed by atoms with Crippen LogP contribution in [0.1, 0.15) is 43.5 Å². The number of aromatic nitrogens is 2. The highest BCUT2D eigenvalue weighted by Crippen LogP contribution is 2.26. The predicted molar refractivity (Wildman–Crippen MR) is 96.0 cm³/mol. The van der Waals surface area contributed by atoms with E-state index in [1.807, 2.05) is 24.8 Å². The zero-order chi connectivity index (χ0) is 16.1. The third-order valence-electron chi connectivity index (χ3n) is 4.72. The largest absolute Gasteiger partial charge is 0.389 e. The highest BCUT2D eigenvalue weighted by Gasteiger charge is 2.28. The van der Waals surface area contributed by atoms with Crippen LogP contribution in [0.2, 0.25) is 0 Å². The molecule has 1 aromatic heterocycles. The van der Waals surface area contributed by atoms with E-state index in [1.54, 1.807) is 0 Å². The second-order valence-electron chi connectivity index (χ2n) is 6.79. The van der Waals surface area contributed by atoms with Crippen LogP contribution in [0.5, 0.6) is 0 Å². The SMILES string of the molecule is Cc1cc(CNCC2(O)CCSCC2)nc(N2CCCCC2)n1. The minimum Gasteiger partial charge on any atom is -0.389 e. The molecule has 128 valence electrons. The van der Waals surface area contributed by atoms with Gasteiger partial charge in [-0.2, -0.15) is 11.8 Å². The smallest absolute Gasteiger partial charge is 0.225 e. The summed E-state index contributed by atoms with van der Waals surface area (Å²) in [5, 5.41) is 13.9. The molecule has 2 fully saturated rings. The molecule has 0 atom stereocenters. The molecule has 23 heavy (non-hydrogen) atoms. The van der Waals surface area contributed by atoms with E-state index < -0.39 is 5.60 Å². The maximum atomic E-state index is 10.5. The molecular formula is C17H28N4OS. The summed E-state index contributed by atoms with van der Waals surface area (Å²) in [6.07, 6.45) is 5.54. The van der Waals surface area contributed by atoms with Crippen molar-refractivity contribution >= 4 is 17.7 Å². The van der Waals surface area contributed by atoms with Crippen LogP contribution >= 0.6 is 11.8 Å². The van der Waals surface area contributed by atoms with Crippen LogP contribution < -0.4 is 10.2 Å². The molecule has 1 aromatic rings. The van der Waals surface area contributed by atoms with E-state index in [1.165, 1.54) is 19.3 Å². The number of anilines is 1. The number of nitrogens with zero attached hydrogens (tertiary/aromatic N) is 3. The molecule has 0 radical (unpaired) electrons. The van der Waals surface area contributed by atoms with Gasteiger partial charge in [-0.25, -0.2) is 9.97 Å². The molecule has 0 spiro atoms. The first-order valence-corrected chi connectivity index (χ1v) is 9.90. The number of rotatable bonds is 5. The molecule has 2 N–H and O–H groups in total. The number of hydrogen-bond acceptors (Lipinski definition) is 6. The van der Waals surface area contributed by atoms with Crippen LogP contribution in [0.4, 0.5) is 5.95 Å². The zero-order valence-electron chi connectivity index (χ0n) is 14.1. The lowest BCUT2D eigenvalue weighted by atomic mass is 9.97. The summed E-state index contributed by atoms with van der Waals surface area (Å²) in [6, 6.07) is 2.04. The average molecular weight is 337 g/mol. The first-order valence-electron chi connectivity index (χ1n) is 8.75. The molecule has 3 heterocycles. The number of hydrogen-bond donors (Lipinski definition) is 2. The normalized spacial score (nSPS) is 21.4. The van der Waals surface area contributed by atoms with Gasteiger partial charge in [0.05, 0.1) is 11.3 Å². The highest BCUT2D eigenvalue weighted by atomic mass is 32.2. The summed E-state index contributed by atoms with van der Waals surface area (Å²) in [6.45, 7) is 5.50. The van der Waals surface area contributed by atoms with Crippen molar-refractivity contribution in [3.63, 3.8) is 0 Å². The lowest BCUT2D eigenvalue weighted by Gasteiger charge is -2.32. The molecule has 0 aliphatic carbocycles. The Labute approximate surface area is 143 Å². The fourth-order valence-electron chi connectivity index (χ4n) is 3.29. The van der Waals surface area contributed by atoms with Gasteiger partial charge in [0.15, 0.2) is 0 Å². The second-order valence-corrected chi connectivity index (χ2v) is 8.01. The number of aliphatic hydroxyl groups is 1. The Balaban J connectivity index is 1.57. The summed E-state index contributed by atoms with van der Waals surface area (Å²) in [5.74, 6) is 2.99.